The molecule has 2 rings (SSSR count). The molecule has 1 N–H and O–H groups in total. The maximum absolute atomic E-state index is 5.66. The molecule has 1 aromatic carbocycles. The number of hydrogen-bond acceptors (Lipinski definition) is 2. The Morgan fingerprint density at radius 1 is 1.22 bits per heavy atom. The topological polar surface area (TPSA) is 21.3 Å². The molecule has 1 aliphatic carbocycles. The highest BCUT2D eigenvalue weighted by molar-refractivity contribution is 5.20. The quantitative estimate of drug-likeness (QED) is 0.745. The van der Waals surface area contributed by atoms with Gasteiger partial charge in [0, 0.05) is 0 Å². The highest BCUT2D eigenvalue weighted by atomic mass is 16.5. The fraction of sp³-hybridized carbons (Fsp3) is 0.625. The predicted molar refractivity (Wildman–Crippen MR) is 75.9 cm³/mol. The molecule has 1 aliphatic rings. The van der Waals surface area contributed by atoms with E-state index in [-0.39, 0.29) is 0 Å². The van der Waals surface area contributed by atoms with E-state index in [2.05, 4.69) is 12.2 Å². The van der Waals surface area contributed by atoms with E-state index in [0.29, 0.717) is 0 Å². The minimum absolute atomic E-state index is 0.804. The molecule has 0 spiro atoms. The van der Waals surface area contributed by atoms with Gasteiger partial charge in [0.05, 0.1) is 6.61 Å². The van der Waals surface area contributed by atoms with Crippen LogP contribution < -0.4 is 10.1 Å². The summed E-state index contributed by atoms with van der Waals surface area (Å²) in [6.07, 6.45) is 5.32. The standard InChI is InChI=1S/C16H25NO/c1-14-8-9-15(12-14)13-17-10-5-11-18-16-6-3-2-4-7-16/h2-4,6-7,14-15,17H,5,8-13H2,1H3. The van der Waals surface area contributed by atoms with Crippen LogP contribution in [0.5, 0.6) is 5.75 Å². The molecule has 0 radical (unpaired) electrons. The average molecular weight is 247 g/mol. The normalized spacial score (nSPS) is 23.2. The molecule has 2 atom stereocenters. The van der Waals surface area contributed by atoms with Crippen molar-refractivity contribution in [2.75, 3.05) is 19.7 Å². The lowest BCUT2D eigenvalue weighted by Crippen LogP contribution is -2.23. The third-order valence-corrected chi connectivity index (χ3v) is 3.75. The van der Waals surface area contributed by atoms with Gasteiger partial charge in [-0.15, -0.1) is 0 Å². The number of hydrogen-bond donors (Lipinski definition) is 1. The van der Waals surface area contributed by atoms with Crippen molar-refractivity contribution in [1.82, 2.24) is 5.32 Å². The van der Waals surface area contributed by atoms with Gasteiger partial charge in [0.15, 0.2) is 0 Å². The van der Waals surface area contributed by atoms with Crippen molar-refractivity contribution in [2.45, 2.75) is 32.6 Å². The van der Waals surface area contributed by atoms with Crippen LogP contribution in [0.25, 0.3) is 0 Å². The van der Waals surface area contributed by atoms with Crippen LogP contribution >= 0.6 is 0 Å². The van der Waals surface area contributed by atoms with Gasteiger partial charge in [0.2, 0.25) is 0 Å². The molecular weight excluding hydrogens is 222 g/mol. The van der Waals surface area contributed by atoms with Gasteiger partial charge in [0.25, 0.3) is 0 Å². The lowest BCUT2D eigenvalue weighted by Gasteiger charge is -2.11. The fourth-order valence-corrected chi connectivity index (χ4v) is 2.72. The van der Waals surface area contributed by atoms with Crippen LogP contribution in [0.1, 0.15) is 32.6 Å². The fourth-order valence-electron chi connectivity index (χ4n) is 2.72. The SMILES string of the molecule is CC1CCC(CNCCCOc2ccccc2)C1. The Hall–Kier alpha value is -1.02. The Morgan fingerprint density at radius 3 is 2.78 bits per heavy atom. The van der Waals surface area contributed by atoms with Gasteiger partial charge in [-0.2, -0.15) is 0 Å². The van der Waals surface area contributed by atoms with E-state index >= 15 is 0 Å². The smallest absolute Gasteiger partial charge is 0.119 e. The molecule has 2 heteroatoms. The summed E-state index contributed by atoms with van der Waals surface area (Å²) in [5, 5.41) is 3.55. The van der Waals surface area contributed by atoms with Crippen LogP contribution in [-0.4, -0.2) is 19.7 Å². The van der Waals surface area contributed by atoms with Gasteiger partial charge in [-0.25, -0.2) is 0 Å². The van der Waals surface area contributed by atoms with Crippen LogP contribution in [0.2, 0.25) is 0 Å². The van der Waals surface area contributed by atoms with E-state index in [1.165, 1.54) is 25.8 Å². The highest BCUT2D eigenvalue weighted by Gasteiger charge is 2.20. The first kappa shape index (κ1) is 13.4. The monoisotopic (exact) mass is 247 g/mol. The summed E-state index contributed by atoms with van der Waals surface area (Å²) in [7, 11) is 0. The third-order valence-electron chi connectivity index (χ3n) is 3.75. The Morgan fingerprint density at radius 2 is 2.06 bits per heavy atom. The molecule has 1 saturated carbocycles. The molecule has 0 aromatic heterocycles. The number of ether oxygens (including phenoxy) is 1. The van der Waals surface area contributed by atoms with Gasteiger partial charge >= 0.3 is 0 Å². The second-order valence-corrected chi connectivity index (χ2v) is 5.50. The summed E-state index contributed by atoms with van der Waals surface area (Å²) in [6.45, 7) is 5.43. The summed E-state index contributed by atoms with van der Waals surface area (Å²) in [5.41, 5.74) is 0. The molecule has 1 fully saturated rings. The van der Waals surface area contributed by atoms with E-state index in [1.54, 1.807) is 0 Å². The van der Waals surface area contributed by atoms with Crippen molar-refractivity contribution >= 4 is 0 Å². The molecule has 2 unspecified atom stereocenters. The minimum atomic E-state index is 0.804. The minimum Gasteiger partial charge on any atom is -0.494 e. The van der Waals surface area contributed by atoms with Crippen LogP contribution in [0.15, 0.2) is 30.3 Å². The van der Waals surface area contributed by atoms with Gasteiger partial charge in [-0.3, -0.25) is 0 Å². The summed E-state index contributed by atoms with van der Waals surface area (Å²) >= 11 is 0. The van der Waals surface area contributed by atoms with Gasteiger partial charge in [0.1, 0.15) is 5.75 Å². The molecule has 100 valence electrons. The zero-order valence-electron chi connectivity index (χ0n) is 11.4. The van der Waals surface area contributed by atoms with Crippen LogP contribution in [0, 0.1) is 11.8 Å². The molecular formula is C16H25NO. The van der Waals surface area contributed by atoms with Gasteiger partial charge in [-0.05, 0) is 56.3 Å². The largest absolute Gasteiger partial charge is 0.494 e. The van der Waals surface area contributed by atoms with Crippen molar-refractivity contribution < 1.29 is 4.74 Å². The maximum atomic E-state index is 5.66. The Bertz CT molecular complexity index is 325. The average Bonchev–Trinajstić information content (AvgIpc) is 2.81. The summed E-state index contributed by atoms with van der Waals surface area (Å²) in [6, 6.07) is 10.0. The van der Waals surface area contributed by atoms with E-state index in [1.807, 2.05) is 30.3 Å². The van der Waals surface area contributed by atoms with Crippen molar-refractivity contribution in [3.8, 4) is 5.75 Å². The van der Waals surface area contributed by atoms with Gasteiger partial charge < -0.3 is 10.1 Å². The molecule has 0 aliphatic heterocycles. The first-order valence-corrected chi connectivity index (χ1v) is 7.23. The molecule has 0 amide bonds. The lowest BCUT2D eigenvalue weighted by atomic mass is 10.1. The Balaban J connectivity index is 1.47. The van der Waals surface area contributed by atoms with Crippen molar-refractivity contribution in [1.29, 1.82) is 0 Å². The zero-order chi connectivity index (χ0) is 12.6. The van der Waals surface area contributed by atoms with Crippen LogP contribution in [0.3, 0.4) is 0 Å². The number of benzene rings is 1. The molecule has 2 nitrogen and oxygen atoms in total. The number of para-hydroxylation sites is 1. The Kier molecular flexibility index (Phi) is 5.53. The molecule has 0 heterocycles. The van der Waals surface area contributed by atoms with Crippen molar-refractivity contribution in [3.05, 3.63) is 30.3 Å². The van der Waals surface area contributed by atoms with E-state index in [0.717, 1.165) is 37.2 Å². The zero-order valence-corrected chi connectivity index (χ0v) is 11.4. The second kappa shape index (κ2) is 7.42. The van der Waals surface area contributed by atoms with Crippen LogP contribution in [-0.2, 0) is 0 Å². The molecule has 0 saturated heterocycles. The third kappa shape index (κ3) is 4.69. The molecule has 1 aromatic rings. The predicted octanol–water partition coefficient (Wildman–Crippen LogP) is 3.48. The summed E-state index contributed by atoms with van der Waals surface area (Å²) in [4.78, 5) is 0. The summed E-state index contributed by atoms with van der Waals surface area (Å²) in [5.74, 6) is 2.83. The lowest BCUT2D eigenvalue weighted by molar-refractivity contribution is 0.306. The van der Waals surface area contributed by atoms with E-state index in [9.17, 15) is 0 Å². The van der Waals surface area contributed by atoms with Gasteiger partial charge in [-0.1, -0.05) is 31.5 Å². The highest BCUT2D eigenvalue weighted by Crippen LogP contribution is 2.29. The first-order chi connectivity index (χ1) is 8.84. The Labute approximate surface area is 111 Å². The number of nitrogens with one attached hydrogen (secondary N) is 1. The summed E-state index contributed by atoms with van der Waals surface area (Å²) < 4.78 is 5.66. The second-order valence-electron chi connectivity index (χ2n) is 5.50. The van der Waals surface area contributed by atoms with E-state index < -0.39 is 0 Å². The molecule has 0 bridgehead atoms. The molecule has 18 heavy (non-hydrogen) atoms. The van der Waals surface area contributed by atoms with Crippen LogP contribution in [0.4, 0.5) is 0 Å². The van der Waals surface area contributed by atoms with Crippen molar-refractivity contribution in [3.63, 3.8) is 0 Å². The maximum Gasteiger partial charge on any atom is 0.119 e. The van der Waals surface area contributed by atoms with E-state index in [4.69, 9.17) is 4.74 Å². The number of rotatable bonds is 7. The first-order valence-electron chi connectivity index (χ1n) is 7.23. The van der Waals surface area contributed by atoms with Crippen molar-refractivity contribution in [2.24, 2.45) is 11.8 Å².